The van der Waals surface area contributed by atoms with Gasteiger partial charge in [-0.3, -0.25) is 4.79 Å². The number of rotatable bonds is 3. The lowest BCUT2D eigenvalue weighted by Gasteiger charge is -2.33. The highest BCUT2D eigenvalue weighted by atomic mass is 32.1. The second kappa shape index (κ2) is 6.13. The van der Waals surface area contributed by atoms with E-state index in [1.807, 2.05) is 5.38 Å². The van der Waals surface area contributed by atoms with Crippen LogP contribution in [0, 0.1) is 0 Å². The summed E-state index contributed by atoms with van der Waals surface area (Å²) in [6, 6.07) is 0.215. The lowest BCUT2D eigenvalue weighted by Crippen LogP contribution is -2.49. The Kier molecular flexibility index (Phi) is 4.46. The Bertz CT molecular complexity index is 570. The third kappa shape index (κ3) is 3.15. The van der Waals surface area contributed by atoms with Crippen molar-refractivity contribution in [2.75, 3.05) is 27.2 Å². The van der Waals surface area contributed by atoms with Gasteiger partial charge >= 0.3 is 12.0 Å². The van der Waals surface area contributed by atoms with E-state index in [0.717, 1.165) is 4.88 Å². The molecule has 1 aliphatic rings. The minimum Gasteiger partial charge on any atom is -0.479 e. The SMILES string of the molecule is CN(C)C(=O)CNC(=O)N1CCc2sccc2C1C(=O)O. The monoisotopic (exact) mass is 311 g/mol. The zero-order chi connectivity index (χ0) is 15.6. The molecule has 2 N–H and O–H groups in total. The van der Waals surface area contributed by atoms with Crippen molar-refractivity contribution in [1.82, 2.24) is 15.1 Å². The molecule has 3 amide bonds. The molecule has 2 heterocycles. The average molecular weight is 311 g/mol. The summed E-state index contributed by atoms with van der Waals surface area (Å²) in [6.45, 7) is 0.178. The van der Waals surface area contributed by atoms with Gasteiger partial charge in [-0.2, -0.15) is 0 Å². The number of nitrogens with zero attached hydrogens (tertiary/aromatic N) is 2. The zero-order valence-electron chi connectivity index (χ0n) is 11.8. The normalized spacial score (nSPS) is 17.0. The number of carboxylic acids is 1. The molecular formula is C13H17N3O4S. The van der Waals surface area contributed by atoms with Crippen molar-refractivity contribution in [2.45, 2.75) is 12.5 Å². The van der Waals surface area contributed by atoms with Crippen LogP contribution in [0.15, 0.2) is 11.4 Å². The smallest absolute Gasteiger partial charge is 0.331 e. The van der Waals surface area contributed by atoms with Crippen molar-refractivity contribution in [2.24, 2.45) is 0 Å². The van der Waals surface area contributed by atoms with Crippen LogP contribution in [0.5, 0.6) is 0 Å². The molecule has 0 aromatic carbocycles. The van der Waals surface area contributed by atoms with Crippen molar-refractivity contribution in [3.63, 3.8) is 0 Å². The summed E-state index contributed by atoms with van der Waals surface area (Å²) in [4.78, 5) is 38.7. The first kappa shape index (κ1) is 15.3. The van der Waals surface area contributed by atoms with Crippen molar-refractivity contribution >= 4 is 29.2 Å². The van der Waals surface area contributed by atoms with E-state index in [2.05, 4.69) is 5.32 Å². The largest absolute Gasteiger partial charge is 0.479 e. The number of nitrogens with one attached hydrogen (secondary N) is 1. The minimum absolute atomic E-state index is 0.148. The number of amides is 3. The Morgan fingerprint density at radius 2 is 2.19 bits per heavy atom. The maximum absolute atomic E-state index is 12.2. The first-order chi connectivity index (χ1) is 9.91. The van der Waals surface area contributed by atoms with Gasteiger partial charge in [-0.25, -0.2) is 9.59 Å². The number of carbonyl (C=O) groups excluding carboxylic acids is 2. The van der Waals surface area contributed by atoms with E-state index in [1.165, 1.54) is 21.1 Å². The summed E-state index contributed by atoms with van der Waals surface area (Å²) in [5.41, 5.74) is 0.660. The number of fused-ring (bicyclic) bond motifs is 1. The predicted molar refractivity (Wildman–Crippen MR) is 77.2 cm³/mol. The van der Waals surface area contributed by atoms with E-state index in [9.17, 15) is 19.5 Å². The lowest BCUT2D eigenvalue weighted by atomic mass is 10.0. The number of hydrogen-bond donors (Lipinski definition) is 2. The number of likely N-dealkylation sites (N-methyl/N-ethyl adjacent to an activating group) is 1. The van der Waals surface area contributed by atoms with E-state index in [1.54, 1.807) is 20.2 Å². The Morgan fingerprint density at radius 3 is 2.81 bits per heavy atom. The van der Waals surface area contributed by atoms with Gasteiger partial charge in [0.15, 0.2) is 6.04 Å². The highest BCUT2D eigenvalue weighted by Gasteiger charge is 2.36. The molecule has 21 heavy (non-hydrogen) atoms. The van der Waals surface area contributed by atoms with E-state index >= 15 is 0 Å². The quantitative estimate of drug-likeness (QED) is 0.852. The number of thiophene rings is 1. The fourth-order valence-corrected chi connectivity index (χ4v) is 3.12. The number of aliphatic carboxylic acids is 1. The molecule has 1 aromatic heterocycles. The summed E-state index contributed by atoms with van der Waals surface area (Å²) in [5, 5.41) is 13.7. The highest BCUT2D eigenvalue weighted by molar-refractivity contribution is 7.10. The Labute approximate surface area is 126 Å². The summed E-state index contributed by atoms with van der Waals surface area (Å²) >= 11 is 1.50. The van der Waals surface area contributed by atoms with Crippen LogP contribution in [0.25, 0.3) is 0 Å². The van der Waals surface area contributed by atoms with Gasteiger partial charge in [-0.1, -0.05) is 0 Å². The minimum atomic E-state index is -1.07. The molecule has 8 heteroatoms. The van der Waals surface area contributed by atoms with Crippen LogP contribution in [0.4, 0.5) is 4.79 Å². The average Bonchev–Trinajstić information content (AvgIpc) is 2.90. The fraction of sp³-hybridized carbons (Fsp3) is 0.462. The summed E-state index contributed by atoms with van der Waals surface area (Å²) in [6.07, 6.45) is 0.631. The summed E-state index contributed by atoms with van der Waals surface area (Å²) < 4.78 is 0. The zero-order valence-corrected chi connectivity index (χ0v) is 12.6. The lowest BCUT2D eigenvalue weighted by molar-refractivity contribution is -0.142. The van der Waals surface area contributed by atoms with Crippen molar-refractivity contribution in [3.05, 3.63) is 21.9 Å². The second-order valence-electron chi connectivity index (χ2n) is 4.93. The second-order valence-corrected chi connectivity index (χ2v) is 5.93. The molecule has 2 rings (SSSR count). The van der Waals surface area contributed by atoms with Crippen LogP contribution in [0.1, 0.15) is 16.5 Å². The number of carboxylic acid groups (broad SMARTS) is 1. The molecule has 1 atom stereocenters. The van der Waals surface area contributed by atoms with Gasteiger partial charge in [-0.05, 0) is 23.4 Å². The first-order valence-electron chi connectivity index (χ1n) is 6.45. The number of hydrogen-bond acceptors (Lipinski definition) is 4. The van der Waals surface area contributed by atoms with E-state index in [4.69, 9.17) is 0 Å². The molecule has 0 bridgehead atoms. The third-order valence-corrected chi connectivity index (χ3v) is 4.35. The molecule has 0 aliphatic carbocycles. The van der Waals surface area contributed by atoms with Crippen LogP contribution in [0.3, 0.4) is 0 Å². The van der Waals surface area contributed by atoms with Gasteiger partial charge in [0, 0.05) is 25.5 Å². The third-order valence-electron chi connectivity index (χ3n) is 3.35. The summed E-state index contributed by atoms with van der Waals surface area (Å²) in [7, 11) is 3.18. The molecule has 1 aromatic rings. The molecule has 0 saturated heterocycles. The molecule has 0 spiro atoms. The van der Waals surface area contributed by atoms with Gasteiger partial charge in [0.2, 0.25) is 5.91 Å². The van der Waals surface area contributed by atoms with Crippen LogP contribution < -0.4 is 5.32 Å². The molecule has 0 saturated carbocycles. The van der Waals surface area contributed by atoms with Crippen molar-refractivity contribution in [1.29, 1.82) is 0 Å². The standard InChI is InChI=1S/C13H17N3O4S/c1-15(2)10(17)7-14-13(20)16-5-3-9-8(4-6-21-9)11(16)12(18)19/h4,6,11H,3,5,7H2,1-2H3,(H,14,20)(H,18,19). The Balaban J connectivity index is 2.10. The molecule has 7 nitrogen and oxygen atoms in total. The van der Waals surface area contributed by atoms with Gasteiger partial charge in [0.25, 0.3) is 0 Å². The molecule has 1 aliphatic heterocycles. The predicted octanol–water partition coefficient (Wildman–Crippen LogP) is 0.530. The topological polar surface area (TPSA) is 90.0 Å². The Hall–Kier alpha value is -2.09. The molecule has 1 unspecified atom stereocenters. The number of carbonyl (C=O) groups is 3. The van der Waals surface area contributed by atoms with Crippen LogP contribution in [-0.2, 0) is 16.0 Å². The van der Waals surface area contributed by atoms with Gasteiger partial charge in [0.05, 0.1) is 6.54 Å². The van der Waals surface area contributed by atoms with E-state index in [0.29, 0.717) is 18.5 Å². The fourth-order valence-electron chi connectivity index (χ4n) is 2.21. The van der Waals surface area contributed by atoms with Gasteiger partial charge in [0.1, 0.15) is 0 Å². The van der Waals surface area contributed by atoms with Crippen molar-refractivity contribution < 1.29 is 19.5 Å². The maximum Gasteiger partial charge on any atom is 0.331 e. The summed E-state index contributed by atoms with van der Waals surface area (Å²) in [5.74, 6) is -1.31. The van der Waals surface area contributed by atoms with E-state index in [-0.39, 0.29) is 12.5 Å². The van der Waals surface area contributed by atoms with Gasteiger partial charge in [-0.15, -0.1) is 11.3 Å². The number of urea groups is 1. The van der Waals surface area contributed by atoms with E-state index < -0.39 is 18.0 Å². The first-order valence-corrected chi connectivity index (χ1v) is 7.33. The van der Waals surface area contributed by atoms with Gasteiger partial charge < -0.3 is 20.2 Å². The van der Waals surface area contributed by atoms with Crippen molar-refractivity contribution in [3.8, 4) is 0 Å². The van der Waals surface area contributed by atoms with Crippen LogP contribution in [-0.4, -0.2) is 60.0 Å². The van der Waals surface area contributed by atoms with Crippen LogP contribution >= 0.6 is 11.3 Å². The maximum atomic E-state index is 12.2. The highest BCUT2D eigenvalue weighted by Crippen LogP contribution is 2.33. The Morgan fingerprint density at radius 1 is 1.48 bits per heavy atom. The molecule has 114 valence electrons. The molecule has 0 radical (unpaired) electrons. The molecular weight excluding hydrogens is 294 g/mol. The molecule has 0 fully saturated rings. The van der Waals surface area contributed by atoms with Crippen LogP contribution in [0.2, 0.25) is 0 Å².